The van der Waals surface area contributed by atoms with Gasteiger partial charge in [-0.3, -0.25) is 0 Å². The van der Waals surface area contributed by atoms with Gasteiger partial charge in [-0.05, 0) is 70.9 Å². The third-order valence-electron chi connectivity index (χ3n) is 4.46. The first-order valence-electron chi connectivity index (χ1n) is 8.04. The van der Waals surface area contributed by atoms with Crippen LogP contribution in [0.4, 0.5) is 4.79 Å². The zero-order valence-corrected chi connectivity index (χ0v) is 13.4. The van der Waals surface area contributed by atoms with E-state index in [1.807, 2.05) is 25.7 Å². The number of piperidine rings is 2. The highest BCUT2D eigenvalue weighted by Crippen LogP contribution is 2.31. The van der Waals surface area contributed by atoms with Gasteiger partial charge < -0.3 is 15.0 Å². The molecule has 0 aromatic rings. The molecule has 2 unspecified atom stereocenters. The second-order valence-corrected chi connectivity index (χ2v) is 7.56. The van der Waals surface area contributed by atoms with Gasteiger partial charge in [0, 0.05) is 13.1 Å². The number of likely N-dealkylation sites (tertiary alicyclic amines) is 1. The van der Waals surface area contributed by atoms with Crippen LogP contribution in [0.25, 0.3) is 0 Å². The predicted octanol–water partition coefficient (Wildman–Crippen LogP) is 2.88. The van der Waals surface area contributed by atoms with E-state index >= 15 is 0 Å². The van der Waals surface area contributed by atoms with E-state index in [0.29, 0.717) is 0 Å². The molecule has 20 heavy (non-hydrogen) atoms. The number of rotatable bonds is 1. The topological polar surface area (TPSA) is 41.6 Å². The summed E-state index contributed by atoms with van der Waals surface area (Å²) in [6, 6.07) is 0. The van der Waals surface area contributed by atoms with Crippen molar-refractivity contribution in [3.05, 3.63) is 0 Å². The number of nitrogens with one attached hydrogen (secondary N) is 1. The molecule has 1 amide bonds. The van der Waals surface area contributed by atoms with Gasteiger partial charge in [0.15, 0.2) is 0 Å². The maximum atomic E-state index is 12.0. The summed E-state index contributed by atoms with van der Waals surface area (Å²) in [5.74, 6) is 2.35. The summed E-state index contributed by atoms with van der Waals surface area (Å²) in [6.07, 6.45) is 3.44. The lowest BCUT2D eigenvalue weighted by Crippen LogP contribution is -2.45. The molecular formula is C16H30N2O2. The lowest BCUT2D eigenvalue weighted by molar-refractivity contribution is 0.0147. The quantitative estimate of drug-likeness (QED) is 0.804. The lowest BCUT2D eigenvalue weighted by Gasteiger charge is -2.39. The lowest BCUT2D eigenvalue weighted by atomic mass is 9.78. The molecule has 2 fully saturated rings. The molecule has 0 bridgehead atoms. The van der Waals surface area contributed by atoms with Gasteiger partial charge >= 0.3 is 6.09 Å². The number of carbonyl (C=O) groups is 1. The van der Waals surface area contributed by atoms with Crippen LogP contribution in [0.5, 0.6) is 0 Å². The fraction of sp³-hybridized carbons (Fsp3) is 0.938. The Bertz CT molecular complexity index is 330. The van der Waals surface area contributed by atoms with Gasteiger partial charge in [0.1, 0.15) is 5.60 Å². The van der Waals surface area contributed by atoms with Crippen molar-refractivity contribution in [2.75, 3.05) is 26.2 Å². The molecule has 1 N–H and O–H groups in total. The van der Waals surface area contributed by atoms with Crippen molar-refractivity contribution >= 4 is 6.09 Å². The Morgan fingerprint density at radius 1 is 1.15 bits per heavy atom. The highest BCUT2D eigenvalue weighted by molar-refractivity contribution is 5.68. The number of nitrogens with zero attached hydrogens (tertiary/aromatic N) is 1. The van der Waals surface area contributed by atoms with Crippen LogP contribution >= 0.6 is 0 Å². The van der Waals surface area contributed by atoms with Crippen molar-refractivity contribution in [1.29, 1.82) is 0 Å². The largest absolute Gasteiger partial charge is 0.444 e. The molecule has 116 valence electrons. The minimum atomic E-state index is -0.392. The molecule has 0 spiro atoms. The van der Waals surface area contributed by atoms with E-state index in [0.717, 1.165) is 56.8 Å². The van der Waals surface area contributed by atoms with Crippen LogP contribution in [-0.2, 0) is 4.74 Å². The summed E-state index contributed by atoms with van der Waals surface area (Å²) >= 11 is 0. The van der Waals surface area contributed by atoms with Crippen molar-refractivity contribution in [2.24, 2.45) is 17.8 Å². The van der Waals surface area contributed by atoms with Crippen LogP contribution < -0.4 is 5.32 Å². The van der Waals surface area contributed by atoms with Gasteiger partial charge in [0.25, 0.3) is 0 Å². The van der Waals surface area contributed by atoms with Crippen LogP contribution in [0.3, 0.4) is 0 Å². The molecular weight excluding hydrogens is 252 g/mol. The third-order valence-corrected chi connectivity index (χ3v) is 4.46. The van der Waals surface area contributed by atoms with Crippen molar-refractivity contribution < 1.29 is 9.53 Å². The Balaban J connectivity index is 1.78. The standard InChI is InChI=1S/C16H30N2O2/c1-12-9-14(11-17-10-12)13-5-7-18(8-6-13)15(19)20-16(2,3)4/h12-14,17H,5-11H2,1-4H3. The van der Waals surface area contributed by atoms with Gasteiger partial charge in [-0.15, -0.1) is 0 Å². The molecule has 4 heteroatoms. The zero-order chi connectivity index (χ0) is 14.8. The molecule has 2 aliphatic rings. The highest BCUT2D eigenvalue weighted by Gasteiger charge is 2.32. The molecule has 0 aliphatic carbocycles. The summed E-state index contributed by atoms with van der Waals surface area (Å²) in [5, 5.41) is 3.54. The van der Waals surface area contributed by atoms with E-state index in [1.165, 1.54) is 6.42 Å². The van der Waals surface area contributed by atoms with E-state index in [9.17, 15) is 4.79 Å². The number of ether oxygens (including phenoxy) is 1. The second kappa shape index (κ2) is 6.33. The smallest absolute Gasteiger partial charge is 0.410 e. The Morgan fingerprint density at radius 2 is 1.80 bits per heavy atom. The van der Waals surface area contributed by atoms with E-state index in [2.05, 4.69) is 12.2 Å². The molecule has 2 atom stereocenters. The highest BCUT2D eigenvalue weighted by atomic mass is 16.6. The Hall–Kier alpha value is -0.770. The van der Waals surface area contributed by atoms with Crippen LogP contribution in [-0.4, -0.2) is 42.8 Å². The molecule has 0 radical (unpaired) electrons. The van der Waals surface area contributed by atoms with E-state index < -0.39 is 5.60 Å². The average molecular weight is 282 g/mol. The fourth-order valence-corrected chi connectivity index (χ4v) is 3.44. The van der Waals surface area contributed by atoms with Gasteiger partial charge in [0.2, 0.25) is 0 Å². The third kappa shape index (κ3) is 4.37. The van der Waals surface area contributed by atoms with Gasteiger partial charge in [0.05, 0.1) is 0 Å². The van der Waals surface area contributed by atoms with Crippen LogP contribution in [0, 0.1) is 17.8 Å². The summed E-state index contributed by atoms with van der Waals surface area (Å²) < 4.78 is 5.45. The fourth-order valence-electron chi connectivity index (χ4n) is 3.44. The molecule has 2 heterocycles. The summed E-state index contributed by atoms with van der Waals surface area (Å²) in [6.45, 7) is 12.1. The predicted molar refractivity (Wildman–Crippen MR) is 80.7 cm³/mol. The molecule has 2 rings (SSSR count). The Labute approximate surface area is 123 Å². The Kier molecular flexibility index (Phi) is 4.95. The molecule has 0 aromatic carbocycles. The first kappa shape index (κ1) is 15.6. The maximum absolute atomic E-state index is 12.0. The van der Waals surface area contributed by atoms with Gasteiger partial charge in [-0.1, -0.05) is 6.92 Å². The minimum absolute atomic E-state index is 0.147. The van der Waals surface area contributed by atoms with Crippen LogP contribution in [0.15, 0.2) is 0 Å². The minimum Gasteiger partial charge on any atom is -0.444 e. The van der Waals surface area contributed by atoms with Gasteiger partial charge in [-0.25, -0.2) is 4.79 Å². The van der Waals surface area contributed by atoms with E-state index in [1.54, 1.807) is 0 Å². The maximum Gasteiger partial charge on any atom is 0.410 e. The number of hydrogen-bond acceptors (Lipinski definition) is 3. The Morgan fingerprint density at radius 3 is 2.35 bits per heavy atom. The monoisotopic (exact) mass is 282 g/mol. The van der Waals surface area contributed by atoms with Crippen molar-refractivity contribution in [2.45, 2.75) is 52.6 Å². The van der Waals surface area contributed by atoms with E-state index in [-0.39, 0.29) is 6.09 Å². The summed E-state index contributed by atoms with van der Waals surface area (Å²) in [4.78, 5) is 13.9. The summed E-state index contributed by atoms with van der Waals surface area (Å²) in [5.41, 5.74) is -0.392. The molecule has 0 saturated carbocycles. The first-order chi connectivity index (χ1) is 9.35. The zero-order valence-electron chi connectivity index (χ0n) is 13.4. The number of carbonyl (C=O) groups excluding carboxylic acids is 1. The summed E-state index contributed by atoms with van der Waals surface area (Å²) in [7, 11) is 0. The van der Waals surface area contributed by atoms with Gasteiger partial charge in [-0.2, -0.15) is 0 Å². The van der Waals surface area contributed by atoms with Crippen LogP contribution in [0.1, 0.15) is 47.0 Å². The second-order valence-electron chi connectivity index (χ2n) is 7.56. The SMILES string of the molecule is CC1CNCC(C2CCN(C(=O)OC(C)(C)C)CC2)C1. The van der Waals surface area contributed by atoms with Crippen molar-refractivity contribution in [3.8, 4) is 0 Å². The number of hydrogen-bond donors (Lipinski definition) is 1. The van der Waals surface area contributed by atoms with Crippen LogP contribution in [0.2, 0.25) is 0 Å². The normalized spacial score (nSPS) is 29.3. The average Bonchev–Trinajstić information content (AvgIpc) is 2.37. The number of amides is 1. The molecule has 2 saturated heterocycles. The molecule has 2 aliphatic heterocycles. The first-order valence-corrected chi connectivity index (χ1v) is 8.04. The molecule has 4 nitrogen and oxygen atoms in total. The van der Waals surface area contributed by atoms with Crippen molar-refractivity contribution in [3.63, 3.8) is 0 Å². The van der Waals surface area contributed by atoms with E-state index in [4.69, 9.17) is 4.74 Å². The molecule has 0 aromatic heterocycles. The van der Waals surface area contributed by atoms with Crippen molar-refractivity contribution in [1.82, 2.24) is 10.2 Å².